The van der Waals surface area contributed by atoms with E-state index in [4.69, 9.17) is 5.26 Å². The van der Waals surface area contributed by atoms with Gasteiger partial charge in [-0.25, -0.2) is 17.9 Å². The van der Waals surface area contributed by atoms with Gasteiger partial charge in [-0.05, 0) is 12.1 Å². The summed E-state index contributed by atoms with van der Waals surface area (Å²) >= 11 is 0.796. The number of ether oxygens (including phenoxy) is 1. The van der Waals surface area contributed by atoms with Gasteiger partial charge in [0.15, 0.2) is 6.10 Å². The Hall–Kier alpha value is -1.47. The van der Waals surface area contributed by atoms with Gasteiger partial charge in [-0.2, -0.15) is 5.26 Å². The van der Waals surface area contributed by atoms with Crippen molar-refractivity contribution >= 4 is 27.3 Å². The fourth-order valence-corrected chi connectivity index (χ4v) is 3.19. The highest BCUT2D eigenvalue weighted by atomic mass is 32.2. The van der Waals surface area contributed by atoms with Crippen LogP contribution in [0.4, 0.5) is 0 Å². The third-order valence-corrected chi connectivity index (χ3v) is 4.80. The average molecular weight is 290 g/mol. The topological polar surface area (TPSA) is 116 Å². The predicted molar refractivity (Wildman–Crippen MR) is 62.2 cm³/mol. The number of nitriles is 1. The van der Waals surface area contributed by atoms with Crippen molar-refractivity contribution in [3.8, 4) is 6.07 Å². The maximum absolute atomic E-state index is 11.7. The van der Waals surface area contributed by atoms with E-state index in [0.717, 1.165) is 18.4 Å². The number of carbonyl (C=O) groups excluding carboxylic acids is 1. The van der Waals surface area contributed by atoms with Crippen molar-refractivity contribution in [1.29, 1.82) is 5.26 Å². The maximum Gasteiger partial charge on any atom is 0.336 e. The number of carbonyl (C=O) groups is 1. The molecular formula is C9H10N2O5S2. The summed E-state index contributed by atoms with van der Waals surface area (Å²) in [5, 5.41) is 17.8. The first-order valence-corrected chi connectivity index (χ1v) is 6.96. The molecule has 0 radical (unpaired) electrons. The number of hydrogen-bond donors (Lipinski definition) is 2. The number of methoxy groups -OCH3 is 1. The molecule has 0 saturated heterocycles. The molecule has 18 heavy (non-hydrogen) atoms. The largest absolute Gasteiger partial charge is 0.467 e. The molecule has 1 aromatic heterocycles. The Labute approximate surface area is 108 Å². The molecule has 0 fully saturated rings. The molecule has 0 aliphatic heterocycles. The Morgan fingerprint density at radius 3 is 2.83 bits per heavy atom. The predicted octanol–water partition coefficient (Wildman–Crippen LogP) is -0.568. The minimum absolute atomic E-state index is 0.0592. The van der Waals surface area contributed by atoms with Crippen LogP contribution >= 0.6 is 11.3 Å². The first-order chi connectivity index (χ1) is 8.40. The number of nitrogens with zero attached hydrogens (tertiary/aromatic N) is 1. The van der Waals surface area contributed by atoms with Crippen molar-refractivity contribution in [3.05, 3.63) is 17.0 Å². The molecule has 98 valence electrons. The fraction of sp³-hybridized carbons (Fsp3) is 0.333. The van der Waals surface area contributed by atoms with Crippen LogP contribution in [0.25, 0.3) is 0 Å². The standard InChI is InChI=1S/C9H10N2O5S2/c1-16-9(13)7(12)5-11-18(14,15)8-3-2-6(4-10)17-8/h2-3,7,11-12H,5H2,1H3. The van der Waals surface area contributed by atoms with Gasteiger partial charge in [0.1, 0.15) is 15.2 Å². The second-order valence-corrected chi connectivity index (χ2v) is 6.20. The van der Waals surface area contributed by atoms with E-state index in [1.807, 2.05) is 6.07 Å². The minimum Gasteiger partial charge on any atom is -0.467 e. The SMILES string of the molecule is COC(=O)C(O)CNS(=O)(=O)c1ccc(C#N)s1. The summed E-state index contributed by atoms with van der Waals surface area (Å²) < 4.78 is 29.6. The molecular weight excluding hydrogens is 280 g/mol. The smallest absolute Gasteiger partial charge is 0.336 e. The second kappa shape index (κ2) is 5.92. The van der Waals surface area contributed by atoms with Gasteiger partial charge in [0.05, 0.1) is 7.11 Å². The molecule has 7 nitrogen and oxygen atoms in total. The third kappa shape index (κ3) is 3.51. The molecule has 2 N–H and O–H groups in total. The molecule has 0 spiro atoms. The van der Waals surface area contributed by atoms with Crippen molar-refractivity contribution in [1.82, 2.24) is 4.72 Å². The summed E-state index contributed by atoms with van der Waals surface area (Å²) in [6, 6.07) is 4.46. The number of esters is 1. The lowest BCUT2D eigenvalue weighted by Gasteiger charge is -2.09. The Morgan fingerprint density at radius 1 is 1.67 bits per heavy atom. The Kier molecular flexibility index (Phi) is 4.80. The number of rotatable bonds is 5. The zero-order valence-electron chi connectivity index (χ0n) is 9.28. The van der Waals surface area contributed by atoms with Gasteiger partial charge in [0.25, 0.3) is 0 Å². The Morgan fingerprint density at radius 2 is 2.33 bits per heavy atom. The average Bonchev–Trinajstić information content (AvgIpc) is 2.84. The molecule has 1 unspecified atom stereocenters. The molecule has 1 aromatic rings. The van der Waals surface area contributed by atoms with Crippen LogP contribution in [0.5, 0.6) is 0 Å². The van der Waals surface area contributed by atoms with E-state index < -0.39 is 28.6 Å². The van der Waals surface area contributed by atoms with Crippen molar-refractivity contribution in [2.45, 2.75) is 10.3 Å². The Bertz CT molecular complexity index is 572. The molecule has 9 heteroatoms. The van der Waals surface area contributed by atoms with Crippen molar-refractivity contribution in [2.75, 3.05) is 13.7 Å². The monoisotopic (exact) mass is 290 g/mol. The summed E-state index contributed by atoms with van der Waals surface area (Å²) in [4.78, 5) is 11.1. The van der Waals surface area contributed by atoms with Gasteiger partial charge >= 0.3 is 5.97 Å². The first-order valence-electron chi connectivity index (χ1n) is 4.66. The highest BCUT2D eigenvalue weighted by molar-refractivity contribution is 7.91. The van der Waals surface area contributed by atoms with Crippen molar-refractivity contribution in [2.24, 2.45) is 0 Å². The van der Waals surface area contributed by atoms with E-state index in [1.54, 1.807) is 0 Å². The van der Waals surface area contributed by atoms with Gasteiger partial charge in [-0.15, -0.1) is 11.3 Å². The summed E-state index contributed by atoms with van der Waals surface area (Å²) in [5.74, 6) is -0.929. The van der Waals surface area contributed by atoms with Gasteiger partial charge in [-0.1, -0.05) is 0 Å². The lowest BCUT2D eigenvalue weighted by Crippen LogP contribution is -2.36. The lowest BCUT2D eigenvalue weighted by atomic mass is 10.4. The van der Waals surface area contributed by atoms with Gasteiger partial charge in [-0.3, -0.25) is 0 Å². The first kappa shape index (κ1) is 14.6. The molecule has 1 rings (SSSR count). The Balaban J connectivity index is 2.72. The normalized spacial score (nSPS) is 12.7. The molecule has 0 aromatic carbocycles. The van der Waals surface area contributed by atoms with Crippen LogP contribution in [0.2, 0.25) is 0 Å². The van der Waals surface area contributed by atoms with Crippen LogP contribution in [0.15, 0.2) is 16.3 Å². The molecule has 0 bridgehead atoms. The quantitative estimate of drug-likeness (QED) is 0.702. The summed E-state index contributed by atoms with van der Waals surface area (Å²) in [6.07, 6.45) is -1.57. The number of thiophene rings is 1. The summed E-state index contributed by atoms with van der Waals surface area (Å²) in [7, 11) is -2.75. The second-order valence-electron chi connectivity index (χ2n) is 3.12. The van der Waals surface area contributed by atoms with E-state index in [0.29, 0.717) is 0 Å². The van der Waals surface area contributed by atoms with Gasteiger partial charge in [0, 0.05) is 6.54 Å². The van der Waals surface area contributed by atoms with E-state index >= 15 is 0 Å². The number of sulfonamides is 1. The number of aliphatic hydroxyl groups excluding tert-OH is 1. The summed E-state index contributed by atoms with van der Waals surface area (Å²) in [6.45, 7) is -0.491. The van der Waals surface area contributed by atoms with E-state index in [2.05, 4.69) is 9.46 Å². The maximum atomic E-state index is 11.7. The fourth-order valence-electron chi connectivity index (χ4n) is 1.00. The zero-order valence-corrected chi connectivity index (χ0v) is 10.9. The number of hydrogen-bond acceptors (Lipinski definition) is 7. The molecule has 1 heterocycles. The minimum atomic E-state index is -3.84. The van der Waals surface area contributed by atoms with Gasteiger partial charge in [0.2, 0.25) is 10.0 Å². The van der Waals surface area contributed by atoms with Crippen LogP contribution in [0.1, 0.15) is 4.88 Å². The molecule has 1 atom stereocenters. The van der Waals surface area contributed by atoms with E-state index in [9.17, 15) is 18.3 Å². The lowest BCUT2D eigenvalue weighted by molar-refractivity contribution is -0.149. The summed E-state index contributed by atoms with van der Waals surface area (Å²) in [5.41, 5.74) is 0. The van der Waals surface area contributed by atoms with Crippen LogP contribution < -0.4 is 4.72 Å². The van der Waals surface area contributed by atoms with Crippen LogP contribution in [-0.4, -0.2) is 39.3 Å². The van der Waals surface area contributed by atoms with Gasteiger partial charge < -0.3 is 9.84 Å². The number of aliphatic hydroxyl groups is 1. The van der Waals surface area contributed by atoms with Crippen LogP contribution in [0.3, 0.4) is 0 Å². The molecule has 0 aliphatic rings. The van der Waals surface area contributed by atoms with E-state index in [1.165, 1.54) is 12.1 Å². The highest BCUT2D eigenvalue weighted by Crippen LogP contribution is 2.20. The van der Waals surface area contributed by atoms with Crippen LogP contribution in [-0.2, 0) is 19.6 Å². The molecule has 0 saturated carbocycles. The van der Waals surface area contributed by atoms with E-state index in [-0.39, 0.29) is 9.09 Å². The third-order valence-electron chi connectivity index (χ3n) is 1.90. The molecule has 0 aliphatic carbocycles. The number of nitrogens with one attached hydrogen (secondary N) is 1. The zero-order chi connectivity index (χ0) is 13.8. The van der Waals surface area contributed by atoms with Crippen LogP contribution in [0, 0.1) is 11.3 Å². The van der Waals surface area contributed by atoms with Crippen molar-refractivity contribution < 1.29 is 23.1 Å². The van der Waals surface area contributed by atoms with Crippen molar-refractivity contribution in [3.63, 3.8) is 0 Å². The highest BCUT2D eigenvalue weighted by Gasteiger charge is 2.21. The molecule has 0 amide bonds.